The van der Waals surface area contributed by atoms with E-state index in [2.05, 4.69) is 30.6 Å². The number of hydrogen-bond donors (Lipinski definition) is 2. The van der Waals surface area contributed by atoms with Gasteiger partial charge in [-0.15, -0.1) is 5.10 Å². The van der Waals surface area contributed by atoms with Crippen LogP contribution in [0.3, 0.4) is 0 Å². The summed E-state index contributed by atoms with van der Waals surface area (Å²) in [7, 11) is 3.13. The highest BCUT2D eigenvalue weighted by atomic mass is 16.5. The summed E-state index contributed by atoms with van der Waals surface area (Å²) < 4.78 is 15.7. The van der Waals surface area contributed by atoms with Crippen molar-refractivity contribution in [1.82, 2.24) is 25.3 Å². The molecule has 0 aliphatic rings. The smallest absolute Gasteiger partial charge is 0.258 e. The number of rotatable bonds is 6. The number of aromatic amines is 1. The van der Waals surface area contributed by atoms with E-state index in [0.29, 0.717) is 40.2 Å². The molecule has 0 unspecified atom stereocenters. The van der Waals surface area contributed by atoms with E-state index in [4.69, 9.17) is 14.0 Å². The van der Waals surface area contributed by atoms with Gasteiger partial charge in [-0.1, -0.05) is 5.16 Å². The zero-order valence-electron chi connectivity index (χ0n) is 16.5. The zero-order valence-corrected chi connectivity index (χ0v) is 16.5. The summed E-state index contributed by atoms with van der Waals surface area (Å²) in [6, 6.07) is 12.1. The van der Waals surface area contributed by atoms with Crippen LogP contribution in [0.2, 0.25) is 0 Å². The Bertz CT molecular complexity index is 1180. The Morgan fingerprint density at radius 3 is 2.53 bits per heavy atom. The van der Waals surface area contributed by atoms with E-state index in [1.165, 1.54) is 0 Å². The van der Waals surface area contributed by atoms with Crippen LogP contribution in [-0.4, -0.2) is 45.4 Å². The second-order valence-electron chi connectivity index (χ2n) is 6.25. The first-order chi connectivity index (χ1) is 14.6. The van der Waals surface area contributed by atoms with E-state index in [-0.39, 0.29) is 11.9 Å². The summed E-state index contributed by atoms with van der Waals surface area (Å²) in [6.07, 6.45) is 0. The second kappa shape index (κ2) is 8.03. The molecule has 152 valence electrons. The third kappa shape index (κ3) is 3.83. The first-order valence-electron chi connectivity index (χ1n) is 8.94. The van der Waals surface area contributed by atoms with E-state index in [1.54, 1.807) is 63.6 Å². The average Bonchev–Trinajstić information content (AvgIpc) is 3.42. The number of ether oxygens (including phenoxy) is 2. The molecule has 4 aromatic rings. The summed E-state index contributed by atoms with van der Waals surface area (Å²) in [4.78, 5) is 21.0. The van der Waals surface area contributed by atoms with Crippen molar-refractivity contribution >= 4 is 11.9 Å². The number of amides is 1. The molecule has 0 aliphatic carbocycles. The SMILES string of the molecule is COc1ccc(-c2nc(NC(=O)c3ccc(-c4nc(C)no4)cc3)n[nH]2)c(OC)c1. The van der Waals surface area contributed by atoms with Crippen LogP contribution in [0.1, 0.15) is 16.2 Å². The summed E-state index contributed by atoms with van der Waals surface area (Å²) in [5.74, 6) is 2.40. The second-order valence-corrected chi connectivity index (χ2v) is 6.25. The first-order valence-corrected chi connectivity index (χ1v) is 8.94. The van der Waals surface area contributed by atoms with E-state index in [9.17, 15) is 4.79 Å². The lowest BCUT2D eigenvalue weighted by Gasteiger charge is -2.07. The van der Waals surface area contributed by atoms with Gasteiger partial charge in [0.1, 0.15) is 11.5 Å². The third-order valence-electron chi connectivity index (χ3n) is 4.30. The van der Waals surface area contributed by atoms with Gasteiger partial charge >= 0.3 is 0 Å². The molecule has 0 saturated carbocycles. The van der Waals surface area contributed by atoms with Crippen molar-refractivity contribution in [3.05, 3.63) is 53.9 Å². The quantitative estimate of drug-likeness (QED) is 0.500. The molecule has 0 fully saturated rings. The molecule has 2 aromatic heterocycles. The maximum atomic E-state index is 12.5. The number of carbonyl (C=O) groups is 1. The molecule has 2 aromatic carbocycles. The van der Waals surface area contributed by atoms with Gasteiger partial charge < -0.3 is 14.0 Å². The number of aromatic nitrogens is 5. The van der Waals surface area contributed by atoms with Crippen molar-refractivity contribution in [1.29, 1.82) is 0 Å². The maximum absolute atomic E-state index is 12.5. The lowest BCUT2D eigenvalue weighted by molar-refractivity contribution is 0.102. The van der Waals surface area contributed by atoms with Crippen LogP contribution in [0.15, 0.2) is 47.0 Å². The lowest BCUT2D eigenvalue weighted by Crippen LogP contribution is -2.12. The molecule has 2 heterocycles. The van der Waals surface area contributed by atoms with Crippen LogP contribution in [0.4, 0.5) is 5.95 Å². The highest BCUT2D eigenvalue weighted by Crippen LogP contribution is 2.31. The molecule has 0 radical (unpaired) electrons. The van der Waals surface area contributed by atoms with Crippen LogP contribution >= 0.6 is 0 Å². The Labute approximate surface area is 171 Å². The van der Waals surface area contributed by atoms with Crippen LogP contribution in [0.25, 0.3) is 22.8 Å². The molecule has 10 nitrogen and oxygen atoms in total. The van der Waals surface area contributed by atoms with E-state index in [1.807, 2.05) is 0 Å². The highest BCUT2D eigenvalue weighted by Gasteiger charge is 2.15. The van der Waals surface area contributed by atoms with Gasteiger partial charge in [0.25, 0.3) is 11.8 Å². The standard InChI is InChI=1S/C20H18N6O4/c1-11-21-19(30-26-11)13-6-4-12(5-7-13)18(27)23-20-22-17(24-25-20)15-9-8-14(28-2)10-16(15)29-3/h4-10H,1-3H3,(H2,22,23,24,25,27). The van der Waals surface area contributed by atoms with E-state index >= 15 is 0 Å². The van der Waals surface area contributed by atoms with E-state index < -0.39 is 0 Å². The lowest BCUT2D eigenvalue weighted by atomic mass is 10.1. The fourth-order valence-corrected chi connectivity index (χ4v) is 2.78. The van der Waals surface area contributed by atoms with Crippen molar-refractivity contribution in [2.75, 3.05) is 19.5 Å². The molecule has 0 atom stereocenters. The van der Waals surface area contributed by atoms with Gasteiger partial charge in [0.2, 0.25) is 5.95 Å². The Kier molecular flexibility index (Phi) is 5.12. The van der Waals surface area contributed by atoms with Crippen molar-refractivity contribution in [3.63, 3.8) is 0 Å². The number of carbonyl (C=O) groups excluding carboxylic acids is 1. The Balaban J connectivity index is 1.49. The van der Waals surface area contributed by atoms with Crippen molar-refractivity contribution in [2.45, 2.75) is 6.92 Å². The van der Waals surface area contributed by atoms with Crippen molar-refractivity contribution < 1.29 is 18.8 Å². The summed E-state index contributed by atoms with van der Waals surface area (Å²) in [5, 5.41) is 13.3. The summed E-state index contributed by atoms with van der Waals surface area (Å²) >= 11 is 0. The van der Waals surface area contributed by atoms with Gasteiger partial charge in [-0.3, -0.25) is 15.2 Å². The molecule has 0 spiro atoms. The number of nitrogens with one attached hydrogen (secondary N) is 2. The molecule has 0 aliphatic heterocycles. The van der Waals surface area contributed by atoms with Gasteiger partial charge in [0.05, 0.1) is 19.8 Å². The van der Waals surface area contributed by atoms with Crippen LogP contribution in [0, 0.1) is 6.92 Å². The van der Waals surface area contributed by atoms with Crippen LogP contribution in [0.5, 0.6) is 11.5 Å². The topological polar surface area (TPSA) is 128 Å². The van der Waals surface area contributed by atoms with Crippen molar-refractivity contribution in [2.24, 2.45) is 0 Å². The van der Waals surface area contributed by atoms with Gasteiger partial charge in [-0.05, 0) is 43.3 Å². The van der Waals surface area contributed by atoms with Gasteiger partial charge in [-0.25, -0.2) is 0 Å². The number of aryl methyl sites for hydroxylation is 1. The maximum Gasteiger partial charge on any atom is 0.258 e. The molecule has 30 heavy (non-hydrogen) atoms. The van der Waals surface area contributed by atoms with Gasteiger partial charge in [-0.2, -0.15) is 9.97 Å². The Hall–Kier alpha value is -4.21. The monoisotopic (exact) mass is 406 g/mol. The molecular formula is C20H18N6O4. The molecular weight excluding hydrogens is 388 g/mol. The highest BCUT2D eigenvalue weighted by molar-refractivity contribution is 6.03. The molecule has 2 N–H and O–H groups in total. The molecule has 0 bridgehead atoms. The summed E-state index contributed by atoms with van der Waals surface area (Å²) in [5.41, 5.74) is 1.84. The number of hydrogen-bond acceptors (Lipinski definition) is 8. The predicted molar refractivity (Wildman–Crippen MR) is 107 cm³/mol. The number of benzene rings is 2. The van der Waals surface area contributed by atoms with Crippen LogP contribution in [-0.2, 0) is 0 Å². The van der Waals surface area contributed by atoms with Gasteiger partial charge in [0.15, 0.2) is 11.6 Å². The van der Waals surface area contributed by atoms with E-state index in [0.717, 1.165) is 5.56 Å². The minimum absolute atomic E-state index is 0.143. The minimum atomic E-state index is -0.351. The number of methoxy groups -OCH3 is 2. The first kappa shape index (κ1) is 19.1. The number of nitrogens with zero attached hydrogens (tertiary/aromatic N) is 4. The summed E-state index contributed by atoms with van der Waals surface area (Å²) in [6.45, 7) is 1.74. The average molecular weight is 406 g/mol. The minimum Gasteiger partial charge on any atom is -0.497 e. The predicted octanol–water partition coefficient (Wildman–Crippen LogP) is 3.10. The number of H-pyrrole nitrogens is 1. The fourth-order valence-electron chi connectivity index (χ4n) is 2.78. The van der Waals surface area contributed by atoms with Gasteiger partial charge in [0, 0.05) is 17.2 Å². The third-order valence-corrected chi connectivity index (χ3v) is 4.30. The Morgan fingerprint density at radius 2 is 1.87 bits per heavy atom. The van der Waals surface area contributed by atoms with Crippen LogP contribution < -0.4 is 14.8 Å². The molecule has 4 rings (SSSR count). The van der Waals surface area contributed by atoms with Crippen molar-refractivity contribution in [3.8, 4) is 34.3 Å². The Morgan fingerprint density at radius 1 is 1.07 bits per heavy atom. The molecule has 0 saturated heterocycles. The zero-order chi connectivity index (χ0) is 21.1. The number of anilines is 1. The normalized spacial score (nSPS) is 10.6. The largest absolute Gasteiger partial charge is 0.497 e. The molecule has 10 heteroatoms. The fraction of sp³-hybridized carbons (Fsp3) is 0.150. The molecule has 1 amide bonds.